The molecule has 1 radical (unpaired) electrons. The highest BCUT2D eigenvalue weighted by Crippen LogP contribution is 2.38. The van der Waals surface area contributed by atoms with Crippen LogP contribution in [0.1, 0.15) is 0 Å². The Morgan fingerprint density at radius 1 is 0.520 bits per heavy atom. The van der Waals surface area contributed by atoms with Gasteiger partial charge in [-0.1, -0.05) is 78.9 Å². The van der Waals surface area contributed by atoms with Crippen molar-refractivity contribution >= 4 is 67.1 Å². The second-order valence-electron chi connectivity index (χ2n) is 6.28. The third-order valence-electron chi connectivity index (χ3n) is 4.95. The summed E-state index contributed by atoms with van der Waals surface area (Å²) in [5, 5.41) is 8.78. The molecule has 0 nitrogen and oxygen atoms in total. The maximum atomic E-state index is 6.33. The maximum absolute atomic E-state index is 6.33. The minimum absolute atomic E-state index is 1.05. The van der Waals surface area contributed by atoms with Gasteiger partial charge in [0.15, 0.2) is 0 Å². The second-order valence-corrected chi connectivity index (χ2v) is 10.2. The fraction of sp³-hybridized carbons (Fsp3) is 0. The van der Waals surface area contributed by atoms with Gasteiger partial charge in [0.25, 0.3) is 0 Å². The molecule has 0 aliphatic rings. The molecule has 25 heavy (non-hydrogen) atoms. The Balaban J connectivity index is 1.95. The van der Waals surface area contributed by atoms with E-state index in [-0.39, 0.29) is 0 Å². The molecular weight excluding hydrogens is 363 g/mol. The summed E-state index contributed by atoms with van der Waals surface area (Å²) in [6.45, 7) is 0. The highest BCUT2D eigenvalue weighted by atomic mass is 35.7. The fourth-order valence-corrected chi connectivity index (χ4v) is 5.49. The summed E-state index contributed by atoms with van der Waals surface area (Å²) >= 11 is 12.7. The number of hydrogen-bond donors (Lipinski definition) is 0. The Labute approximate surface area is 157 Å². The molecule has 0 aromatic heterocycles. The van der Waals surface area contributed by atoms with Crippen molar-refractivity contribution < 1.29 is 0 Å². The number of benzene rings is 5. The van der Waals surface area contributed by atoms with E-state index in [0.717, 1.165) is 10.8 Å². The van der Waals surface area contributed by atoms with Gasteiger partial charge in [-0.3, -0.25) is 0 Å². The predicted molar refractivity (Wildman–Crippen MR) is 113 cm³/mol. The van der Waals surface area contributed by atoms with Crippen molar-refractivity contribution in [3.63, 3.8) is 0 Å². The normalized spacial score (nSPS) is 12.0. The van der Waals surface area contributed by atoms with Crippen LogP contribution in [-0.4, -0.2) is 7.42 Å². The zero-order valence-electron chi connectivity index (χ0n) is 13.3. The van der Waals surface area contributed by atoms with E-state index in [0.29, 0.717) is 0 Å². The average Bonchev–Trinajstić information content (AvgIpc) is 2.66. The number of rotatable bonds is 2. The van der Waals surface area contributed by atoms with Gasteiger partial charge in [-0.15, -0.1) is 22.2 Å². The Morgan fingerprint density at radius 2 is 1.16 bits per heavy atom. The maximum Gasteiger partial charge on any atom is 0.307 e. The van der Waals surface area contributed by atoms with Gasteiger partial charge in [-0.05, 0) is 48.6 Å². The van der Waals surface area contributed by atoms with Crippen LogP contribution in [0, 0.1) is 0 Å². The molecule has 0 N–H and O–H groups in total. The summed E-state index contributed by atoms with van der Waals surface area (Å²) in [5.74, 6) is 0. The summed E-state index contributed by atoms with van der Waals surface area (Å²) in [5.41, 5.74) is 2.34. The van der Waals surface area contributed by atoms with Crippen LogP contribution < -0.4 is 5.19 Å². The number of hydrogen-bond acceptors (Lipinski definition) is 0. The van der Waals surface area contributed by atoms with Crippen molar-refractivity contribution in [2.24, 2.45) is 0 Å². The Morgan fingerprint density at radius 3 is 1.92 bits per heavy atom. The van der Waals surface area contributed by atoms with E-state index in [1.165, 1.54) is 37.9 Å². The van der Waals surface area contributed by atoms with Crippen LogP contribution in [0.3, 0.4) is 0 Å². The lowest BCUT2D eigenvalue weighted by atomic mass is 9.90. The number of halogens is 2. The highest BCUT2D eigenvalue weighted by Gasteiger charge is 2.17. The molecule has 0 heterocycles. The molecule has 0 fully saturated rings. The molecule has 0 amide bonds. The van der Waals surface area contributed by atoms with Gasteiger partial charge < -0.3 is 0 Å². The van der Waals surface area contributed by atoms with Crippen LogP contribution >= 0.6 is 22.2 Å². The molecule has 119 valence electrons. The largest absolute Gasteiger partial charge is 0.307 e. The summed E-state index contributed by atoms with van der Waals surface area (Å²) < 4.78 is 0. The lowest BCUT2D eigenvalue weighted by Crippen LogP contribution is -2.20. The predicted octanol–water partition coefficient (Wildman–Crippen LogP) is 6.42. The minimum Gasteiger partial charge on any atom is -0.140 e. The molecule has 5 aromatic carbocycles. The van der Waals surface area contributed by atoms with Gasteiger partial charge in [0.05, 0.1) is 0 Å². The van der Waals surface area contributed by atoms with Gasteiger partial charge in [-0.25, -0.2) is 0 Å². The van der Waals surface area contributed by atoms with Gasteiger partial charge in [-0.2, -0.15) is 0 Å². The summed E-state index contributed by atoms with van der Waals surface area (Å²) in [4.78, 5) is 0. The molecule has 0 saturated carbocycles. The Kier molecular flexibility index (Phi) is 3.49. The van der Waals surface area contributed by atoms with Crippen molar-refractivity contribution in [2.45, 2.75) is 0 Å². The smallest absolute Gasteiger partial charge is 0.140 e. The topological polar surface area (TPSA) is 0 Å². The zero-order valence-corrected chi connectivity index (χ0v) is 15.8. The van der Waals surface area contributed by atoms with E-state index in [1.807, 2.05) is 12.1 Å². The fourth-order valence-electron chi connectivity index (χ4n) is 3.85. The molecule has 5 rings (SSSR count). The zero-order chi connectivity index (χ0) is 17.0. The van der Waals surface area contributed by atoms with E-state index in [9.17, 15) is 0 Å². The minimum atomic E-state index is -1.57. The highest BCUT2D eigenvalue weighted by molar-refractivity contribution is 7.39. The quantitative estimate of drug-likeness (QED) is 0.189. The summed E-state index contributed by atoms with van der Waals surface area (Å²) in [7, 11) is -1.57. The van der Waals surface area contributed by atoms with E-state index in [1.54, 1.807) is 0 Å². The molecule has 3 heteroatoms. The standard InChI is InChI=1S/C22H13Cl2Si/c23-25(24)20-7-2-1-6-18(20)17-12-10-16-9-8-14-4-3-5-15-11-13-19(17)22(16)21(14)15/h1-13H. The van der Waals surface area contributed by atoms with Crippen molar-refractivity contribution in [3.05, 3.63) is 78.9 Å². The Hall–Kier alpha value is -2.06. The molecular formula is C22H13Cl2Si. The summed E-state index contributed by atoms with van der Waals surface area (Å²) in [6, 6.07) is 27.9. The lowest BCUT2D eigenvalue weighted by Gasteiger charge is -2.16. The summed E-state index contributed by atoms with van der Waals surface area (Å²) in [6.07, 6.45) is 0. The SMILES string of the molecule is Cl[Si](Cl)c1ccccc1-c1ccc2ccc3cccc4ccc1c2c34. The van der Waals surface area contributed by atoms with Crippen LogP contribution in [0.15, 0.2) is 78.9 Å². The molecule has 0 saturated heterocycles. The lowest BCUT2D eigenvalue weighted by molar-refractivity contribution is 1.70. The van der Waals surface area contributed by atoms with Crippen LogP contribution in [0.5, 0.6) is 0 Å². The van der Waals surface area contributed by atoms with Gasteiger partial charge in [0, 0.05) is 0 Å². The van der Waals surface area contributed by atoms with Gasteiger partial charge >= 0.3 is 7.42 Å². The second kappa shape index (κ2) is 5.74. The van der Waals surface area contributed by atoms with Crippen molar-refractivity contribution in [2.75, 3.05) is 0 Å². The van der Waals surface area contributed by atoms with Crippen molar-refractivity contribution in [3.8, 4) is 11.1 Å². The molecule has 0 unspecified atom stereocenters. The molecule has 0 aliphatic carbocycles. The van der Waals surface area contributed by atoms with Crippen LogP contribution in [0.25, 0.3) is 43.4 Å². The first-order chi connectivity index (χ1) is 12.2. The Bertz CT molecular complexity index is 1210. The monoisotopic (exact) mass is 375 g/mol. The molecule has 0 bridgehead atoms. The average molecular weight is 376 g/mol. The van der Waals surface area contributed by atoms with Crippen LogP contribution in [0.4, 0.5) is 0 Å². The first-order valence-electron chi connectivity index (χ1n) is 8.18. The van der Waals surface area contributed by atoms with Crippen LogP contribution in [-0.2, 0) is 0 Å². The van der Waals surface area contributed by atoms with Gasteiger partial charge in [0.1, 0.15) is 0 Å². The molecule has 0 spiro atoms. The van der Waals surface area contributed by atoms with E-state index >= 15 is 0 Å². The van der Waals surface area contributed by atoms with E-state index in [4.69, 9.17) is 22.2 Å². The molecule has 0 aliphatic heterocycles. The van der Waals surface area contributed by atoms with Crippen molar-refractivity contribution in [1.82, 2.24) is 0 Å². The molecule has 5 aromatic rings. The first-order valence-corrected chi connectivity index (χ1v) is 11.7. The van der Waals surface area contributed by atoms with Gasteiger partial charge in [0.2, 0.25) is 0 Å². The van der Waals surface area contributed by atoms with Crippen molar-refractivity contribution in [1.29, 1.82) is 0 Å². The van der Waals surface area contributed by atoms with Crippen LogP contribution in [0.2, 0.25) is 0 Å². The first kappa shape index (κ1) is 15.2. The molecule has 0 atom stereocenters. The third kappa shape index (κ3) is 2.27. The van der Waals surface area contributed by atoms with E-state index in [2.05, 4.69) is 66.7 Å². The third-order valence-corrected chi connectivity index (χ3v) is 7.01. The van der Waals surface area contributed by atoms with E-state index < -0.39 is 7.42 Å².